The van der Waals surface area contributed by atoms with Gasteiger partial charge in [0.05, 0.1) is 0 Å². The molecule has 0 radical (unpaired) electrons. The quantitative estimate of drug-likeness (QED) is 0.913. The molecule has 0 aliphatic carbocycles. The van der Waals surface area contributed by atoms with Gasteiger partial charge in [-0.05, 0) is 23.1 Å². The molecule has 2 rings (SSSR count). The summed E-state index contributed by atoms with van der Waals surface area (Å²) in [5.41, 5.74) is 2.39. The van der Waals surface area contributed by atoms with Crippen LogP contribution in [0.1, 0.15) is 47.2 Å². The monoisotopic (exact) mass is 256 g/mol. The van der Waals surface area contributed by atoms with E-state index in [2.05, 4.69) is 35.9 Å². The molecule has 19 heavy (non-hydrogen) atoms. The third-order valence-corrected chi connectivity index (χ3v) is 2.93. The minimum atomic E-state index is -1.03. The molecular weight excluding hydrogens is 240 g/mol. The average molecular weight is 256 g/mol. The standard InChI is InChI=1S/C15H16N2O2/c1-10(2)12-5-3-11(4-6-12)9-14-16-8-7-13(17-14)15(18)19/h3-8,10H,9H2,1-2H3,(H,18,19). The molecule has 4 heteroatoms. The van der Waals surface area contributed by atoms with Crippen LogP contribution in [0.25, 0.3) is 0 Å². The van der Waals surface area contributed by atoms with Gasteiger partial charge in [-0.2, -0.15) is 0 Å². The number of hydrogen-bond acceptors (Lipinski definition) is 3. The van der Waals surface area contributed by atoms with E-state index in [9.17, 15) is 4.79 Å². The SMILES string of the molecule is CC(C)c1ccc(Cc2nccc(C(=O)O)n2)cc1. The topological polar surface area (TPSA) is 63.1 Å². The molecule has 98 valence electrons. The minimum Gasteiger partial charge on any atom is -0.477 e. The van der Waals surface area contributed by atoms with E-state index in [0.717, 1.165) is 5.56 Å². The van der Waals surface area contributed by atoms with Crippen LogP contribution in [0.2, 0.25) is 0 Å². The van der Waals surface area contributed by atoms with Crippen molar-refractivity contribution >= 4 is 5.97 Å². The van der Waals surface area contributed by atoms with Gasteiger partial charge in [0.15, 0.2) is 5.69 Å². The Labute approximate surface area is 112 Å². The van der Waals surface area contributed by atoms with Gasteiger partial charge in [-0.25, -0.2) is 14.8 Å². The Hall–Kier alpha value is -2.23. The molecule has 1 heterocycles. The zero-order chi connectivity index (χ0) is 13.8. The highest BCUT2D eigenvalue weighted by molar-refractivity contribution is 5.85. The van der Waals surface area contributed by atoms with Crippen molar-refractivity contribution in [2.45, 2.75) is 26.2 Å². The number of carboxylic acid groups (broad SMARTS) is 1. The number of benzene rings is 1. The van der Waals surface area contributed by atoms with E-state index in [-0.39, 0.29) is 5.69 Å². The van der Waals surface area contributed by atoms with E-state index < -0.39 is 5.97 Å². The Morgan fingerprint density at radius 2 is 1.89 bits per heavy atom. The summed E-state index contributed by atoms with van der Waals surface area (Å²) in [6, 6.07) is 9.63. The summed E-state index contributed by atoms with van der Waals surface area (Å²) >= 11 is 0. The molecule has 0 atom stereocenters. The number of aromatic carboxylic acids is 1. The van der Waals surface area contributed by atoms with Crippen LogP contribution >= 0.6 is 0 Å². The molecule has 0 aliphatic heterocycles. The molecule has 0 saturated carbocycles. The lowest BCUT2D eigenvalue weighted by Gasteiger charge is -2.06. The smallest absolute Gasteiger partial charge is 0.354 e. The Morgan fingerprint density at radius 1 is 1.21 bits per heavy atom. The summed E-state index contributed by atoms with van der Waals surface area (Å²) in [5.74, 6) is -0.00311. The fraction of sp³-hybridized carbons (Fsp3) is 0.267. The summed E-state index contributed by atoms with van der Waals surface area (Å²) in [6.07, 6.45) is 2.02. The van der Waals surface area contributed by atoms with Gasteiger partial charge in [-0.1, -0.05) is 38.1 Å². The maximum absolute atomic E-state index is 10.8. The fourth-order valence-corrected chi connectivity index (χ4v) is 1.81. The molecule has 4 nitrogen and oxygen atoms in total. The number of rotatable bonds is 4. The maximum Gasteiger partial charge on any atom is 0.354 e. The van der Waals surface area contributed by atoms with Crippen molar-refractivity contribution in [1.29, 1.82) is 0 Å². The van der Waals surface area contributed by atoms with Gasteiger partial charge in [-0.3, -0.25) is 0 Å². The number of carboxylic acids is 1. The van der Waals surface area contributed by atoms with Crippen LogP contribution in [0, 0.1) is 0 Å². The molecule has 0 bridgehead atoms. The first-order chi connectivity index (χ1) is 9.06. The van der Waals surface area contributed by atoms with Crippen molar-refractivity contribution in [3.63, 3.8) is 0 Å². The fourth-order valence-electron chi connectivity index (χ4n) is 1.81. The van der Waals surface area contributed by atoms with Gasteiger partial charge in [0, 0.05) is 12.6 Å². The Bertz CT molecular complexity index is 577. The molecule has 2 aromatic rings. The van der Waals surface area contributed by atoms with Gasteiger partial charge in [0.1, 0.15) is 5.82 Å². The largest absolute Gasteiger partial charge is 0.477 e. The lowest BCUT2D eigenvalue weighted by atomic mass is 10.0. The van der Waals surface area contributed by atoms with Crippen LogP contribution in [0.5, 0.6) is 0 Å². The number of carbonyl (C=O) groups is 1. The maximum atomic E-state index is 10.8. The predicted octanol–water partition coefficient (Wildman–Crippen LogP) is 2.89. The molecule has 1 aromatic carbocycles. The van der Waals surface area contributed by atoms with E-state index in [0.29, 0.717) is 18.2 Å². The number of hydrogen-bond donors (Lipinski definition) is 1. The highest BCUT2D eigenvalue weighted by Gasteiger charge is 2.07. The normalized spacial score (nSPS) is 10.7. The third-order valence-electron chi connectivity index (χ3n) is 2.93. The van der Waals surface area contributed by atoms with Crippen molar-refractivity contribution in [2.24, 2.45) is 0 Å². The molecule has 0 amide bonds. The van der Waals surface area contributed by atoms with Crippen molar-refractivity contribution in [2.75, 3.05) is 0 Å². The highest BCUT2D eigenvalue weighted by atomic mass is 16.4. The molecule has 1 aromatic heterocycles. The zero-order valence-electron chi connectivity index (χ0n) is 11.0. The van der Waals surface area contributed by atoms with E-state index in [1.54, 1.807) is 0 Å². The molecule has 0 spiro atoms. The Morgan fingerprint density at radius 3 is 2.47 bits per heavy atom. The van der Waals surface area contributed by atoms with Crippen molar-refractivity contribution < 1.29 is 9.90 Å². The van der Waals surface area contributed by atoms with Crippen LogP contribution in [0.15, 0.2) is 36.5 Å². The second-order valence-corrected chi connectivity index (χ2v) is 4.74. The second kappa shape index (κ2) is 5.61. The minimum absolute atomic E-state index is 0.0313. The van der Waals surface area contributed by atoms with Crippen molar-refractivity contribution in [3.8, 4) is 0 Å². The van der Waals surface area contributed by atoms with Gasteiger partial charge in [0.2, 0.25) is 0 Å². The van der Waals surface area contributed by atoms with Crippen LogP contribution in [-0.4, -0.2) is 21.0 Å². The Kier molecular flexibility index (Phi) is 3.90. The van der Waals surface area contributed by atoms with Crippen LogP contribution in [-0.2, 0) is 6.42 Å². The second-order valence-electron chi connectivity index (χ2n) is 4.74. The number of aromatic nitrogens is 2. The first-order valence-corrected chi connectivity index (χ1v) is 6.20. The van der Waals surface area contributed by atoms with Crippen LogP contribution in [0.4, 0.5) is 0 Å². The number of nitrogens with zero attached hydrogens (tertiary/aromatic N) is 2. The van der Waals surface area contributed by atoms with E-state index >= 15 is 0 Å². The molecular formula is C15H16N2O2. The molecule has 0 fully saturated rings. The van der Waals surface area contributed by atoms with Crippen molar-refractivity contribution in [3.05, 3.63) is 59.2 Å². The van der Waals surface area contributed by atoms with Gasteiger partial charge in [-0.15, -0.1) is 0 Å². The van der Waals surface area contributed by atoms with E-state index in [1.807, 2.05) is 12.1 Å². The molecule has 0 aliphatic rings. The van der Waals surface area contributed by atoms with Gasteiger partial charge >= 0.3 is 5.97 Å². The van der Waals surface area contributed by atoms with E-state index in [4.69, 9.17) is 5.11 Å². The molecule has 0 unspecified atom stereocenters. The summed E-state index contributed by atoms with van der Waals surface area (Å²) in [6.45, 7) is 4.29. The third kappa shape index (κ3) is 3.37. The first-order valence-electron chi connectivity index (χ1n) is 6.20. The summed E-state index contributed by atoms with van der Waals surface area (Å²) in [5, 5.41) is 8.88. The molecule has 0 saturated heterocycles. The Balaban J connectivity index is 2.16. The van der Waals surface area contributed by atoms with Gasteiger partial charge < -0.3 is 5.11 Å². The van der Waals surface area contributed by atoms with Gasteiger partial charge in [0.25, 0.3) is 0 Å². The summed E-state index contributed by atoms with van der Waals surface area (Å²) in [7, 11) is 0. The summed E-state index contributed by atoms with van der Waals surface area (Å²) < 4.78 is 0. The zero-order valence-corrected chi connectivity index (χ0v) is 11.0. The predicted molar refractivity (Wildman–Crippen MR) is 72.3 cm³/mol. The first kappa shape index (κ1) is 13.2. The highest BCUT2D eigenvalue weighted by Crippen LogP contribution is 2.15. The summed E-state index contributed by atoms with van der Waals surface area (Å²) in [4.78, 5) is 18.9. The van der Waals surface area contributed by atoms with E-state index in [1.165, 1.54) is 17.8 Å². The van der Waals surface area contributed by atoms with Crippen LogP contribution < -0.4 is 0 Å². The van der Waals surface area contributed by atoms with Crippen molar-refractivity contribution in [1.82, 2.24) is 9.97 Å². The lowest BCUT2D eigenvalue weighted by molar-refractivity contribution is 0.0690. The lowest BCUT2D eigenvalue weighted by Crippen LogP contribution is -2.05. The molecule has 1 N–H and O–H groups in total. The van der Waals surface area contributed by atoms with Crippen LogP contribution in [0.3, 0.4) is 0 Å². The average Bonchev–Trinajstić information content (AvgIpc) is 2.39.